The Balaban J connectivity index is 1.46. The van der Waals surface area contributed by atoms with E-state index in [0.29, 0.717) is 12.8 Å². The third-order valence-corrected chi connectivity index (χ3v) is 6.95. The molecule has 8 heteroatoms. The summed E-state index contributed by atoms with van der Waals surface area (Å²) in [5, 5.41) is 29.5. The maximum Gasteiger partial charge on any atom is 0.227 e. The van der Waals surface area contributed by atoms with E-state index in [1.54, 1.807) is 0 Å². The molecule has 0 radical (unpaired) electrons. The molecule has 2 rings (SSSR count). The molecule has 0 saturated heterocycles. The number of unbranched alkanes of at least 4 members (excludes halogenated alkanes) is 10. The Bertz CT molecular complexity index is 1070. The van der Waals surface area contributed by atoms with Crippen LogP contribution in [0.3, 0.4) is 0 Å². The normalized spacial score (nSPS) is 16.8. The second-order valence-electron chi connectivity index (χ2n) is 9.78. The summed E-state index contributed by atoms with van der Waals surface area (Å²) >= 11 is 0. The van der Waals surface area contributed by atoms with Crippen LogP contribution in [-0.2, 0) is 23.9 Å². The monoisotopic (exact) mass is 528 g/mol. The zero-order valence-corrected chi connectivity index (χ0v) is 22.5. The van der Waals surface area contributed by atoms with Crippen molar-refractivity contribution in [3.05, 3.63) is 58.0 Å². The first-order valence-electron chi connectivity index (χ1n) is 13.5. The van der Waals surface area contributed by atoms with E-state index in [1.165, 1.54) is 14.0 Å². The lowest BCUT2D eigenvalue weighted by Gasteiger charge is -2.15. The molecular formula is C30H40O8. The SMILES string of the molecule is COC1=CC(=O)C(O)=C(CCCCCCC/C=C/CCCCCCCC2=C(O)C(=O)C(C)=C(O)C2=O)C1=O. The van der Waals surface area contributed by atoms with Crippen molar-refractivity contribution in [2.45, 2.75) is 96.8 Å². The van der Waals surface area contributed by atoms with Gasteiger partial charge in [0, 0.05) is 22.8 Å². The van der Waals surface area contributed by atoms with Crippen LogP contribution in [0.1, 0.15) is 96.8 Å². The van der Waals surface area contributed by atoms with Crippen molar-refractivity contribution in [2.24, 2.45) is 0 Å². The molecule has 0 bridgehead atoms. The molecule has 2 aliphatic carbocycles. The number of ether oxygens (including phenoxy) is 1. The number of carbonyl (C=O) groups excluding carboxylic acids is 4. The quantitative estimate of drug-likeness (QED) is 0.114. The summed E-state index contributed by atoms with van der Waals surface area (Å²) in [4.78, 5) is 47.8. The van der Waals surface area contributed by atoms with Crippen LogP contribution in [0.15, 0.2) is 58.0 Å². The van der Waals surface area contributed by atoms with Crippen LogP contribution in [0.4, 0.5) is 0 Å². The fourth-order valence-corrected chi connectivity index (χ4v) is 4.54. The summed E-state index contributed by atoms with van der Waals surface area (Å²) in [5.74, 6) is -3.86. The number of aliphatic hydroxyl groups is 3. The van der Waals surface area contributed by atoms with Gasteiger partial charge >= 0.3 is 0 Å². The van der Waals surface area contributed by atoms with Crippen LogP contribution in [-0.4, -0.2) is 45.6 Å². The number of Topliss-reactive ketones (excluding diaryl/α,β-unsaturated/α-hetero) is 3. The molecule has 0 atom stereocenters. The van der Waals surface area contributed by atoms with Crippen molar-refractivity contribution >= 4 is 23.1 Å². The first kappa shape index (κ1) is 30.8. The van der Waals surface area contributed by atoms with Gasteiger partial charge in [-0.3, -0.25) is 19.2 Å². The number of ketones is 4. The maximum atomic E-state index is 12.2. The minimum absolute atomic E-state index is 0.0190. The van der Waals surface area contributed by atoms with E-state index in [4.69, 9.17) is 4.74 Å². The first-order valence-corrected chi connectivity index (χ1v) is 13.5. The summed E-state index contributed by atoms with van der Waals surface area (Å²) in [6.07, 6.45) is 17.7. The Morgan fingerprint density at radius 3 is 1.63 bits per heavy atom. The van der Waals surface area contributed by atoms with Gasteiger partial charge in [0.1, 0.15) is 0 Å². The van der Waals surface area contributed by atoms with Crippen molar-refractivity contribution in [1.29, 1.82) is 0 Å². The van der Waals surface area contributed by atoms with Gasteiger partial charge in [0.2, 0.25) is 23.1 Å². The number of aliphatic hydroxyl groups excluding tert-OH is 3. The van der Waals surface area contributed by atoms with Gasteiger partial charge in [-0.25, -0.2) is 0 Å². The average molecular weight is 529 g/mol. The highest BCUT2D eigenvalue weighted by molar-refractivity contribution is 6.23. The first-order chi connectivity index (χ1) is 18.2. The Labute approximate surface area is 224 Å². The van der Waals surface area contributed by atoms with E-state index in [-0.39, 0.29) is 28.9 Å². The van der Waals surface area contributed by atoms with Crippen LogP contribution in [0, 0.1) is 0 Å². The van der Waals surface area contributed by atoms with Gasteiger partial charge in [0.05, 0.1) is 7.11 Å². The van der Waals surface area contributed by atoms with Crippen molar-refractivity contribution < 1.29 is 39.2 Å². The molecule has 2 aliphatic rings. The highest BCUT2D eigenvalue weighted by atomic mass is 16.5. The number of rotatable bonds is 17. The number of carbonyl (C=O) groups is 4. The van der Waals surface area contributed by atoms with Crippen LogP contribution in [0.5, 0.6) is 0 Å². The Hall–Kier alpha value is -3.42. The molecule has 0 fully saturated rings. The fraction of sp³-hybridized carbons (Fsp3) is 0.533. The molecule has 0 aromatic rings. The van der Waals surface area contributed by atoms with Gasteiger partial charge < -0.3 is 20.1 Å². The van der Waals surface area contributed by atoms with Gasteiger partial charge in [0.25, 0.3) is 0 Å². The minimum atomic E-state index is -0.673. The Morgan fingerprint density at radius 1 is 0.632 bits per heavy atom. The van der Waals surface area contributed by atoms with Crippen LogP contribution < -0.4 is 0 Å². The highest BCUT2D eigenvalue weighted by Crippen LogP contribution is 2.26. The Kier molecular flexibility index (Phi) is 12.8. The molecule has 38 heavy (non-hydrogen) atoms. The summed E-state index contributed by atoms with van der Waals surface area (Å²) in [6, 6.07) is 0. The molecule has 0 aromatic carbocycles. The number of allylic oxidation sites excluding steroid dienone is 6. The van der Waals surface area contributed by atoms with Crippen molar-refractivity contribution in [3.63, 3.8) is 0 Å². The number of hydrogen-bond donors (Lipinski definition) is 3. The standard InChI is InChI=1S/C30H40O8/c1-20-25(32)29(36)22(30(37)26(20)33)18-16-14-12-10-8-6-4-3-5-7-9-11-13-15-17-21-27(34)23(31)19-24(38-2)28(21)35/h3-4,19,32,34,37H,5-18H2,1-2H3/b4-3+. The Morgan fingerprint density at radius 2 is 1.11 bits per heavy atom. The lowest BCUT2D eigenvalue weighted by atomic mass is 9.91. The van der Waals surface area contributed by atoms with Crippen LogP contribution >= 0.6 is 0 Å². The third kappa shape index (κ3) is 8.57. The van der Waals surface area contributed by atoms with E-state index >= 15 is 0 Å². The zero-order valence-electron chi connectivity index (χ0n) is 22.5. The molecule has 208 valence electrons. The molecule has 3 N–H and O–H groups in total. The predicted octanol–water partition coefficient (Wildman–Crippen LogP) is 6.29. The fourth-order valence-electron chi connectivity index (χ4n) is 4.54. The van der Waals surface area contributed by atoms with Gasteiger partial charge in [-0.2, -0.15) is 0 Å². The largest absolute Gasteiger partial charge is 0.504 e. The summed E-state index contributed by atoms with van der Waals surface area (Å²) in [6.45, 7) is 1.33. The van der Waals surface area contributed by atoms with Crippen molar-refractivity contribution in [2.75, 3.05) is 7.11 Å². The summed E-state index contributed by atoms with van der Waals surface area (Å²) in [5.41, 5.74) is 0.0661. The van der Waals surface area contributed by atoms with Gasteiger partial charge in [-0.15, -0.1) is 0 Å². The van der Waals surface area contributed by atoms with Gasteiger partial charge in [-0.1, -0.05) is 50.7 Å². The number of hydrogen-bond acceptors (Lipinski definition) is 8. The second kappa shape index (κ2) is 15.7. The van der Waals surface area contributed by atoms with Crippen LogP contribution in [0.25, 0.3) is 0 Å². The molecule has 8 nitrogen and oxygen atoms in total. The molecule has 0 amide bonds. The molecule has 0 heterocycles. The zero-order chi connectivity index (χ0) is 28.1. The summed E-state index contributed by atoms with van der Waals surface area (Å²) in [7, 11) is 1.33. The molecule has 0 saturated carbocycles. The molecule has 0 spiro atoms. The minimum Gasteiger partial charge on any atom is -0.504 e. The lowest BCUT2D eigenvalue weighted by Crippen LogP contribution is -2.22. The van der Waals surface area contributed by atoms with E-state index in [0.717, 1.165) is 76.7 Å². The molecule has 0 aliphatic heterocycles. The topological polar surface area (TPSA) is 138 Å². The molecular weight excluding hydrogens is 488 g/mol. The van der Waals surface area contributed by atoms with E-state index in [2.05, 4.69) is 12.2 Å². The van der Waals surface area contributed by atoms with Gasteiger partial charge in [0.15, 0.2) is 23.0 Å². The second-order valence-corrected chi connectivity index (χ2v) is 9.78. The summed E-state index contributed by atoms with van der Waals surface area (Å²) < 4.78 is 4.92. The van der Waals surface area contributed by atoms with Crippen LogP contribution in [0.2, 0.25) is 0 Å². The molecule has 0 unspecified atom stereocenters. The van der Waals surface area contributed by atoms with Crippen molar-refractivity contribution in [1.82, 2.24) is 0 Å². The average Bonchev–Trinajstić information content (AvgIpc) is 2.91. The van der Waals surface area contributed by atoms with Crippen molar-refractivity contribution in [3.8, 4) is 0 Å². The van der Waals surface area contributed by atoms with E-state index < -0.39 is 40.4 Å². The smallest absolute Gasteiger partial charge is 0.227 e. The predicted molar refractivity (Wildman–Crippen MR) is 144 cm³/mol. The van der Waals surface area contributed by atoms with Gasteiger partial charge in [-0.05, 0) is 58.3 Å². The van der Waals surface area contributed by atoms with E-state index in [1.807, 2.05) is 0 Å². The third-order valence-electron chi connectivity index (χ3n) is 6.95. The van der Waals surface area contributed by atoms with E-state index in [9.17, 15) is 34.5 Å². The number of methoxy groups -OCH3 is 1. The molecule has 0 aromatic heterocycles. The lowest BCUT2D eigenvalue weighted by molar-refractivity contribution is -0.120. The maximum absolute atomic E-state index is 12.2. The highest BCUT2D eigenvalue weighted by Gasteiger charge is 2.32.